The van der Waals surface area contributed by atoms with Gasteiger partial charge in [0.05, 0.1) is 0 Å². The zero-order valence-electron chi connectivity index (χ0n) is 17.1. The topological polar surface area (TPSA) is 77.8 Å². The van der Waals surface area contributed by atoms with E-state index in [-0.39, 0.29) is 13.2 Å². The Morgan fingerprint density at radius 3 is 1.50 bits per heavy atom. The number of allylic oxidation sites excluding steroid dienone is 2. The van der Waals surface area contributed by atoms with Crippen LogP contribution in [0.1, 0.15) is 110 Å². The quantitative estimate of drug-likeness (QED) is 0.208. The fourth-order valence-electron chi connectivity index (χ4n) is 2.57. The van der Waals surface area contributed by atoms with Gasteiger partial charge in [-0.15, -0.1) is 0 Å². The molecule has 0 radical (unpaired) electrons. The van der Waals surface area contributed by atoms with Crippen molar-refractivity contribution in [2.75, 3.05) is 13.2 Å². The Morgan fingerprint density at radius 2 is 1.08 bits per heavy atom. The molecule has 156 valence electrons. The van der Waals surface area contributed by atoms with Crippen molar-refractivity contribution in [3.05, 3.63) is 12.2 Å². The minimum Gasteiger partial charge on any atom is -0.481 e. The van der Waals surface area contributed by atoms with Crippen molar-refractivity contribution in [3.63, 3.8) is 0 Å². The van der Waals surface area contributed by atoms with Gasteiger partial charge in [0.25, 0.3) is 0 Å². The molecule has 0 spiro atoms. The second kappa shape index (κ2) is 26.4. The summed E-state index contributed by atoms with van der Waals surface area (Å²) >= 11 is 0. The zero-order valence-corrected chi connectivity index (χ0v) is 17.1. The van der Waals surface area contributed by atoms with Gasteiger partial charge in [-0.25, -0.2) is 0 Å². The molecule has 0 amide bonds. The minimum absolute atomic E-state index is 0.195. The van der Waals surface area contributed by atoms with Crippen LogP contribution in [0, 0.1) is 0 Å². The van der Waals surface area contributed by atoms with Gasteiger partial charge in [0.15, 0.2) is 0 Å². The summed E-state index contributed by atoms with van der Waals surface area (Å²) in [5.74, 6) is -0.664. The third kappa shape index (κ3) is 31.0. The molecular weight excluding hydrogens is 328 g/mol. The Hall–Kier alpha value is -0.870. The van der Waals surface area contributed by atoms with Crippen LogP contribution in [0.2, 0.25) is 0 Å². The van der Waals surface area contributed by atoms with E-state index in [0.29, 0.717) is 6.42 Å². The number of unbranched alkanes of at least 4 members (excludes halogenated alkanes) is 12. The first-order chi connectivity index (χ1) is 12.7. The Labute approximate surface area is 161 Å². The summed E-state index contributed by atoms with van der Waals surface area (Å²) in [5.41, 5.74) is 0. The first-order valence-electron chi connectivity index (χ1n) is 10.8. The number of hydrogen-bond acceptors (Lipinski definition) is 3. The van der Waals surface area contributed by atoms with Crippen molar-refractivity contribution in [1.82, 2.24) is 0 Å². The average Bonchev–Trinajstić information content (AvgIpc) is 2.63. The van der Waals surface area contributed by atoms with Gasteiger partial charge in [-0.05, 0) is 44.9 Å². The molecule has 4 nitrogen and oxygen atoms in total. The van der Waals surface area contributed by atoms with Gasteiger partial charge in [0.1, 0.15) is 0 Å². The second-order valence-corrected chi connectivity index (χ2v) is 6.88. The van der Waals surface area contributed by atoms with Gasteiger partial charge in [-0.1, -0.05) is 70.4 Å². The maximum atomic E-state index is 10.3. The van der Waals surface area contributed by atoms with E-state index >= 15 is 0 Å². The highest BCUT2D eigenvalue weighted by molar-refractivity contribution is 5.66. The van der Waals surface area contributed by atoms with E-state index in [4.69, 9.17) is 15.3 Å². The van der Waals surface area contributed by atoms with E-state index < -0.39 is 5.97 Å². The Kier molecular flexibility index (Phi) is 27.7. The van der Waals surface area contributed by atoms with Gasteiger partial charge in [0, 0.05) is 19.6 Å². The number of carboxylic acid groups (broad SMARTS) is 1. The van der Waals surface area contributed by atoms with Gasteiger partial charge in [-0.2, -0.15) is 0 Å². The summed E-state index contributed by atoms with van der Waals surface area (Å²) in [7, 11) is 0. The molecule has 0 fully saturated rings. The van der Waals surface area contributed by atoms with Crippen molar-refractivity contribution in [3.8, 4) is 0 Å². The lowest BCUT2D eigenvalue weighted by atomic mass is 10.1. The highest BCUT2D eigenvalue weighted by Gasteiger charge is 1.95. The smallest absolute Gasteiger partial charge is 0.303 e. The number of hydrogen-bond donors (Lipinski definition) is 3. The van der Waals surface area contributed by atoms with E-state index in [9.17, 15) is 4.79 Å². The lowest BCUT2D eigenvalue weighted by molar-refractivity contribution is -0.137. The molecule has 0 saturated heterocycles. The maximum absolute atomic E-state index is 10.3. The monoisotopic (exact) mass is 372 g/mol. The first kappa shape index (κ1) is 27.3. The van der Waals surface area contributed by atoms with Crippen LogP contribution in [0.4, 0.5) is 0 Å². The van der Waals surface area contributed by atoms with Crippen LogP contribution in [0.25, 0.3) is 0 Å². The molecule has 0 aliphatic carbocycles. The van der Waals surface area contributed by atoms with Crippen molar-refractivity contribution in [2.24, 2.45) is 0 Å². The molecule has 4 heteroatoms. The van der Waals surface area contributed by atoms with Crippen LogP contribution in [0.15, 0.2) is 12.2 Å². The molecule has 0 aromatic rings. The third-order valence-corrected chi connectivity index (χ3v) is 4.22. The molecule has 0 atom stereocenters. The summed E-state index contributed by atoms with van der Waals surface area (Å²) in [6.07, 6.45) is 22.7. The predicted molar refractivity (Wildman–Crippen MR) is 110 cm³/mol. The molecule has 3 N–H and O–H groups in total. The molecule has 26 heavy (non-hydrogen) atoms. The van der Waals surface area contributed by atoms with Crippen molar-refractivity contribution >= 4 is 5.97 Å². The van der Waals surface area contributed by atoms with Crippen LogP contribution in [0.5, 0.6) is 0 Å². The Bertz CT molecular complexity index is 286. The number of carbonyl (C=O) groups is 1. The van der Waals surface area contributed by atoms with Crippen molar-refractivity contribution in [2.45, 2.75) is 110 Å². The van der Waals surface area contributed by atoms with Gasteiger partial charge in [0.2, 0.25) is 0 Å². The number of aliphatic hydroxyl groups is 2. The van der Waals surface area contributed by atoms with E-state index in [1.807, 2.05) is 0 Å². The largest absolute Gasteiger partial charge is 0.481 e. The molecule has 0 saturated carbocycles. The fourth-order valence-corrected chi connectivity index (χ4v) is 2.57. The average molecular weight is 373 g/mol. The molecule has 0 aromatic carbocycles. The van der Waals surface area contributed by atoms with E-state index in [1.54, 1.807) is 0 Å². The van der Waals surface area contributed by atoms with Crippen LogP contribution in [-0.2, 0) is 4.79 Å². The summed E-state index contributed by atoms with van der Waals surface area (Å²) < 4.78 is 0. The number of rotatable bonds is 18. The molecular formula is C22H44O4. The van der Waals surface area contributed by atoms with Gasteiger partial charge >= 0.3 is 5.97 Å². The fraction of sp³-hybridized carbons (Fsp3) is 0.864. The van der Waals surface area contributed by atoms with E-state index in [2.05, 4.69) is 19.1 Å². The SMILES string of the molecule is CCCCCCCCC=CCCCCCCCC(=O)O.OCCCCO. The van der Waals surface area contributed by atoms with E-state index in [1.165, 1.54) is 70.6 Å². The summed E-state index contributed by atoms with van der Waals surface area (Å²) in [4.78, 5) is 10.3. The Morgan fingerprint density at radius 1 is 0.654 bits per heavy atom. The number of aliphatic carboxylic acids is 1. The lowest BCUT2D eigenvalue weighted by Crippen LogP contribution is -1.93. The standard InChI is InChI=1S/C18H34O2.C4H10O2/c1-2-3-4-5-6-7-8-9-10-11-12-13-14-15-16-17-18(19)20;5-3-1-2-4-6/h9-10H,2-8,11-17H2,1H3,(H,19,20);5-6H,1-4H2. The normalized spacial score (nSPS) is 10.7. The number of carboxylic acids is 1. The second-order valence-electron chi connectivity index (χ2n) is 6.88. The van der Waals surface area contributed by atoms with Crippen molar-refractivity contribution in [1.29, 1.82) is 0 Å². The van der Waals surface area contributed by atoms with Crippen LogP contribution in [-0.4, -0.2) is 34.5 Å². The maximum Gasteiger partial charge on any atom is 0.303 e. The van der Waals surface area contributed by atoms with Gasteiger partial charge in [-0.3, -0.25) is 4.79 Å². The van der Waals surface area contributed by atoms with Gasteiger partial charge < -0.3 is 15.3 Å². The highest BCUT2D eigenvalue weighted by Crippen LogP contribution is 2.09. The Balaban J connectivity index is 0. The van der Waals surface area contributed by atoms with Crippen molar-refractivity contribution < 1.29 is 20.1 Å². The molecule has 0 aliphatic heterocycles. The molecule has 0 aromatic heterocycles. The molecule has 0 heterocycles. The molecule has 0 aliphatic rings. The third-order valence-electron chi connectivity index (χ3n) is 4.22. The lowest BCUT2D eigenvalue weighted by Gasteiger charge is -1.99. The summed E-state index contributed by atoms with van der Waals surface area (Å²) in [5, 5.41) is 24.7. The van der Waals surface area contributed by atoms with Crippen LogP contribution < -0.4 is 0 Å². The molecule has 0 unspecified atom stereocenters. The highest BCUT2D eigenvalue weighted by atomic mass is 16.4. The number of aliphatic hydroxyl groups excluding tert-OH is 2. The van der Waals surface area contributed by atoms with Crippen LogP contribution in [0.3, 0.4) is 0 Å². The minimum atomic E-state index is -0.664. The summed E-state index contributed by atoms with van der Waals surface area (Å²) in [6, 6.07) is 0. The zero-order chi connectivity index (χ0) is 19.7. The van der Waals surface area contributed by atoms with Crippen LogP contribution >= 0.6 is 0 Å². The molecule has 0 bridgehead atoms. The predicted octanol–water partition coefficient (Wildman–Crippen LogP) is 5.86. The molecule has 0 rings (SSSR count). The first-order valence-corrected chi connectivity index (χ1v) is 10.8. The van der Waals surface area contributed by atoms with E-state index in [0.717, 1.165) is 25.7 Å². The summed E-state index contributed by atoms with van der Waals surface area (Å²) in [6.45, 7) is 2.65.